The van der Waals surface area contributed by atoms with Crippen molar-refractivity contribution in [2.45, 2.75) is 13.3 Å². The molecule has 1 fully saturated rings. The molecule has 1 aliphatic rings. The number of halogens is 1. The molecule has 0 unspecified atom stereocenters. The Hall–Kier alpha value is -2.14. The number of hydrogen-bond acceptors (Lipinski definition) is 4. The Morgan fingerprint density at radius 2 is 1.89 bits per heavy atom. The van der Waals surface area contributed by atoms with Crippen molar-refractivity contribution in [3.63, 3.8) is 0 Å². The van der Waals surface area contributed by atoms with E-state index >= 15 is 0 Å². The Labute approximate surface area is 163 Å². The first-order valence-electron chi connectivity index (χ1n) is 9.70. The summed E-state index contributed by atoms with van der Waals surface area (Å²) in [6.45, 7) is 4.69. The fourth-order valence-corrected chi connectivity index (χ4v) is 7.19. The Bertz CT molecular complexity index is 1060. The van der Waals surface area contributed by atoms with Crippen molar-refractivity contribution in [2.75, 3.05) is 32.0 Å². The van der Waals surface area contributed by atoms with Gasteiger partial charge in [-0.15, -0.1) is 0 Å². The van der Waals surface area contributed by atoms with E-state index in [1.165, 1.54) is 6.07 Å². The Balaban J connectivity index is 1.67. The second-order valence-corrected chi connectivity index (χ2v) is 11.1. The molecule has 148 valence electrons. The summed E-state index contributed by atoms with van der Waals surface area (Å²) in [5, 5.41) is 8.64. The van der Waals surface area contributed by atoms with Crippen LogP contribution in [0.5, 0.6) is 0 Å². The summed E-state index contributed by atoms with van der Waals surface area (Å²) in [6.07, 6.45) is 1.78. The Morgan fingerprint density at radius 1 is 1.18 bits per heavy atom. The van der Waals surface area contributed by atoms with Gasteiger partial charge in [0.2, 0.25) is 0 Å². The zero-order valence-electron chi connectivity index (χ0n) is 15.9. The van der Waals surface area contributed by atoms with Crippen LogP contribution in [-0.4, -0.2) is 51.9 Å². The van der Waals surface area contributed by atoms with Crippen LogP contribution in [-0.2, 0) is 6.42 Å². The van der Waals surface area contributed by atoms with E-state index in [0.29, 0.717) is 29.4 Å². The van der Waals surface area contributed by atoms with Gasteiger partial charge in [-0.2, -0.15) is 0 Å². The van der Waals surface area contributed by atoms with Crippen LogP contribution >= 0.6 is 7.49 Å². The second kappa shape index (κ2) is 7.70. The molecule has 4 rings (SSSR count). The quantitative estimate of drug-likeness (QED) is 0.658. The van der Waals surface area contributed by atoms with Crippen LogP contribution < -0.4 is 10.9 Å². The predicted molar refractivity (Wildman–Crippen MR) is 114 cm³/mol. The van der Waals surface area contributed by atoms with Crippen LogP contribution in [0.25, 0.3) is 10.8 Å². The number of aromatic nitrogens is 2. The molecule has 1 aromatic heterocycles. The standard InChI is InChI=1S/C21H25FN3O2P/c1-2-25-9-11-28(27,12-10-25)20-14-15(7-8-18(20)22)13-19-16-5-3-4-6-17(16)21(26)24-23-19/h3-8,14,27-28H,2,9-13H2,1H3,(H,24,26). The Kier molecular flexibility index (Phi) is 5.28. The van der Waals surface area contributed by atoms with Crippen LogP contribution in [0.15, 0.2) is 47.3 Å². The maximum atomic E-state index is 14.6. The summed E-state index contributed by atoms with van der Waals surface area (Å²) in [5.74, 6) is -0.317. The molecular formula is C21H25FN3O2P. The van der Waals surface area contributed by atoms with E-state index < -0.39 is 7.49 Å². The monoisotopic (exact) mass is 401 g/mol. The summed E-state index contributed by atoms with van der Waals surface area (Å²) in [4.78, 5) is 25.5. The SMILES string of the molecule is CCN1CC[PH](O)(c2cc(Cc3n[nH]c(=O)c4ccccc34)ccc2F)CC1. The van der Waals surface area contributed by atoms with Gasteiger partial charge in [-0.1, -0.05) is 0 Å². The van der Waals surface area contributed by atoms with E-state index in [-0.39, 0.29) is 11.4 Å². The molecule has 0 saturated carbocycles. The van der Waals surface area contributed by atoms with E-state index in [4.69, 9.17) is 0 Å². The minimum atomic E-state index is -2.82. The molecule has 1 saturated heterocycles. The minimum absolute atomic E-state index is 0.219. The normalized spacial score (nSPS) is 18.2. The molecule has 5 nitrogen and oxygen atoms in total. The van der Waals surface area contributed by atoms with Gasteiger partial charge in [0.1, 0.15) is 0 Å². The van der Waals surface area contributed by atoms with Crippen molar-refractivity contribution in [3.05, 3.63) is 69.9 Å². The van der Waals surface area contributed by atoms with Crippen LogP contribution in [0.2, 0.25) is 0 Å². The van der Waals surface area contributed by atoms with Gasteiger partial charge in [0, 0.05) is 0 Å². The molecule has 2 heterocycles. The zero-order chi connectivity index (χ0) is 19.7. The molecule has 0 amide bonds. The fourth-order valence-electron chi connectivity index (χ4n) is 4.05. The van der Waals surface area contributed by atoms with E-state index in [1.807, 2.05) is 24.3 Å². The predicted octanol–water partition coefficient (Wildman–Crippen LogP) is 2.27. The number of benzene rings is 2. The zero-order valence-corrected chi connectivity index (χ0v) is 16.9. The first-order chi connectivity index (χ1) is 13.5. The summed E-state index contributed by atoms with van der Waals surface area (Å²) in [6, 6.07) is 12.3. The van der Waals surface area contributed by atoms with Gasteiger partial charge in [-0.25, -0.2) is 0 Å². The average Bonchev–Trinajstić information content (AvgIpc) is 2.72. The van der Waals surface area contributed by atoms with Gasteiger partial charge in [0.05, 0.1) is 0 Å². The summed E-state index contributed by atoms with van der Waals surface area (Å²) < 4.78 is 14.6. The third-order valence-corrected chi connectivity index (χ3v) is 9.30. The number of aromatic amines is 1. The summed E-state index contributed by atoms with van der Waals surface area (Å²) >= 11 is 0. The third-order valence-electron chi connectivity index (χ3n) is 5.81. The molecule has 0 spiro atoms. The summed E-state index contributed by atoms with van der Waals surface area (Å²) in [7, 11) is -2.82. The van der Waals surface area contributed by atoms with Crippen LogP contribution in [0.1, 0.15) is 18.2 Å². The number of nitrogens with zero attached hydrogens (tertiary/aromatic N) is 2. The van der Waals surface area contributed by atoms with Crippen molar-refractivity contribution in [3.8, 4) is 0 Å². The van der Waals surface area contributed by atoms with Gasteiger partial charge >= 0.3 is 163 Å². The summed E-state index contributed by atoms with van der Waals surface area (Å²) in [5.41, 5.74) is 1.41. The number of fused-ring (bicyclic) bond motifs is 1. The molecule has 1 aliphatic heterocycles. The van der Waals surface area contributed by atoms with E-state index in [9.17, 15) is 14.1 Å². The number of nitrogens with one attached hydrogen (secondary N) is 1. The van der Waals surface area contributed by atoms with Crippen molar-refractivity contribution in [1.29, 1.82) is 0 Å². The van der Waals surface area contributed by atoms with E-state index in [1.54, 1.807) is 12.1 Å². The van der Waals surface area contributed by atoms with Gasteiger partial charge in [-0.3, -0.25) is 0 Å². The Morgan fingerprint density at radius 3 is 2.61 bits per heavy atom. The first kappa shape index (κ1) is 19.2. The molecule has 28 heavy (non-hydrogen) atoms. The van der Waals surface area contributed by atoms with E-state index in [0.717, 1.165) is 36.3 Å². The topological polar surface area (TPSA) is 69.2 Å². The van der Waals surface area contributed by atoms with Crippen LogP contribution in [0.4, 0.5) is 4.39 Å². The van der Waals surface area contributed by atoms with Crippen LogP contribution in [0.3, 0.4) is 0 Å². The van der Waals surface area contributed by atoms with Crippen molar-refractivity contribution in [2.24, 2.45) is 0 Å². The van der Waals surface area contributed by atoms with Gasteiger partial charge in [-0.05, 0) is 0 Å². The maximum absolute atomic E-state index is 14.6. The molecule has 0 atom stereocenters. The molecule has 0 radical (unpaired) electrons. The van der Waals surface area contributed by atoms with Gasteiger partial charge < -0.3 is 0 Å². The number of hydrogen-bond donors (Lipinski definition) is 2. The first-order valence-corrected chi connectivity index (χ1v) is 12.1. The average molecular weight is 401 g/mol. The second-order valence-electron chi connectivity index (χ2n) is 7.50. The fraction of sp³-hybridized carbons (Fsp3) is 0.333. The van der Waals surface area contributed by atoms with Crippen molar-refractivity contribution < 1.29 is 9.28 Å². The number of H-pyrrole nitrogens is 1. The molecular weight excluding hydrogens is 376 g/mol. The van der Waals surface area contributed by atoms with Gasteiger partial charge in [0.25, 0.3) is 0 Å². The van der Waals surface area contributed by atoms with Crippen molar-refractivity contribution in [1.82, 2.24) is 15.1 Å². The molecule has 7 heteroatoms. The van der Waals surface area contributed by atoms with Gasteiger partial charge in [0.15, 0.2) is 0 Å². The van der Waals surface area contributed by atoms with Crippen LogP contribution in [0, 0.1) is 5.82 Å². The molecule has 2 N–H and O–H groups in total. The van der Waals surface area contributed by atoms with E-state index in [2.05, 4.69) is 22.0 Å². The van der Waals surface area contributed by atoms with Crippen molar-refractivity contribution >= 4 is 23.6 Å². The molecule has 0 bridgehead atoms. The molecule has 2 aromatic carbocycles. The molecule has 0 aliphatic carbocycles. The number of rotatable bonds is 4. The molecule has 3 aromatic rings. The third kappa shape index (κ3) is 3.60.